The topological polar surface area (TPSA) is 229 Å². The maximum Gasteiger partial charge on any atom is 0.296 e. The molecule has 210 valence electrons. The molecule has 0 saturated heterocycles. The molecule has 0 aliphatic rings. The van der Waals surface area contributed by atoms with E-state index < -0.39 is 63.1 Å². The summed E-state index contributed by atoms with van der Waals surface area (Å²) in [6, 6.07) is 7.92. The first-order chi connectivity index (χ1) is 18.1. The third-order valence-electron chi connectivity index (χ3n) is 5.20. The lowest BCUT2D eigenvalue weighted by Crippen LogP contribution is -2.31. The van der Waals surface area contributed by atoms with Gasteiger partial charge in [-0.05, 0) is 47.9 Å². The molecule has 3 aromatic rings. The molecule has 14 nitrogen and oxygen atoms in total. The molecular weight excluding hydrogens is 600 g/mol. The SMILES string of the molecule is CNc1cc(S(=O)(=O)O)cc2cc(S(=O)(=O)O)c(N=Nc3ccc(C(=O)NCS(=O)(=O)CCCl)cc3)c(O)c12. The number of anilines is 1. The van der Waals surface area contributed by atoms with Gasteiger partial charge in [0.25, 0.3) is 26.1 Å². The zero-order valence-corrected chi connectivity index (χ0v) is 23.1. The van der Waals surface area contributed by atoms with Crippen molar-refractivity contribution in [3.05, 3.63) is 48.0 Å². The molecule has 18 heteroatoms. The van der Waals surface area contributed by atoms with Crippen LogP contribution in [0.5, 0.6) is 5.75 Å². The van der Waals surface area contributed by atoms with E-state index in [0.29, 0.717) is 0 Å². The van der Waals surface area contributed by atoms with E-state index in [0.717, 1.165) is 18.2 Å². The van der Waals surface area contributed by atoms with Crippen molar-refractivity contribution in [3.63, 3.8) is 0 Å². The Hall–Kier alpha value is -3.35. The number of sulfone groups is 1. The number of fused-ring (bicyclic) bond motifs is 1. The van der Waals surface area contributed by atoms with Crippen molar-refractivity contribution in [3.8, 4) is 5.75 Å². The van der Waals surface area contributed by atoms with Gasteiger partial charge >= 0.3 is 0 Å². The number of nitrogens with one attached hydrogen (secondary N) is 2. The second-order valence-corrected chi connectivity index (χ2v) is 13.2. The van der Waals surface area contributed by atoms with Gasteiger partial charge in [-0.25, -0.2) is 8.42 Å². The van der Waals surface area contributed by atoms with Gasteiger partial charge in [-0.1, -0.05) is 0 Å². The van der Waals surface area contributed by atoms with E-state index in [9.17, 15) is 44.3 Å². The predicted molar refractivity (Wildman–Crippen MR) is 142 cm³/mol. The summed E-state index contributed by atoms with van der Waals surface area (Å²) in [6.07, 6.45) is 0. The number of alkyl halides is 1. The zero-order valence-electron chi connectivity index (χ0n) is 19.9. The third-order valence-corrected chi connectivity index (χ3v) is 8.73. The Morgan fingerprint density at radius 3 is 2.13 bits per heavy atom. The third kappa shape index (κ3) is 7.20. The van der Waals surface area contributed by atoms with Gasteiger partial charge in [0, 0.05) is 29.6 Å². The molecule has 0 atom stereocenters. The Morgan fingerprint density at radius 1 is 0.949 bits per heavy atom. The van der Waals surface area contributed by atoms with Gasteiger partial charge in [-0.3, -0.25) is 13.9 Å². The largest absolute Gasteiger partial charge is 0.505 e. The molecule has 0 unspecified atom stereocenters. The minimum Gasteiger partial charge on any atom is -0.505 e. The molecule has 3 aromatic carbocycles. The van der Waals surface area contributed by atoms with E-state index in [1.165, 1.54) is 31.3 Å². The number of carbonyl (C=O) groups excluding carboxylic acids is 1. The fraction of sp³-hybridized carbons (Fsp3) is 0.190. The van der Waals surface area contributed by atoms with Crippen LogP contribution < -0.4 is 10.6 Å². The maximum atomic E-state index is 12.2. The molecule has 0 aliphatic heterocycles. The van der Waals surface area contributed by atoms with Crippen LogP contribution in [0.15, 0.2) is 62.5 Å². The number of benzene rings is 3. The summed E-state index contributed by atoms with van der Waals surface area (Å²) in [5.41, 5.74) is -0.528. The average molecular weight is 621 g/mol. The number of aromatic hydroxyl groups is 1. The zero-order chi connectivity index (χ0) is 29.2. The van der Waals surface area contributed by atoms with Crippen LogP contribution in [0.25, 0.3) is 10.8 Å². The fourth-order valence-corrected chi connectivity index (χ4v) is 5.99. The molecule has 5 N–H and O–H groups in total. The van der Waals surface area contributed by atoms with Gasteiger partial charge in [0.2, 0.25) is 0 Å². The van der Waals surface area contributed by atoms with Crippen molar-refractivity contribution in [1.29, 1.82) is 0 Å². The van der Waals surface area contributed by atoms with Crippen molar-refractivity contribution in [2.75, 3.05) is 29.9 Å². The highest BCUT2D eigenvalue weighted by molar-refractivity contribution is 7.91. The van der Waals surface area contributed by atoms with Crippen LogP contribution in [0.4, 0.5) is 17.1 Å². The molecule has 0 fully saturated rings. The molecule has 3 rings (SSSR count). The van der Waals surface area contributed by atoms with Crippen molar-refractivity contribution in [2.45, 2.75) is 9.79 Å². The molecule has 39 heavy (non-hydrogen) atoms. The first-order valence-electron chi connectivity index (χ1n) is 10.6. The van der Waals surface area contributed by atoms with E-state index >= 15 is 0 Å². The lowest BCUT2D eigenvalue weighted by molar-refractivity contribution is 0.0960. The van der Waals surface area contributed by atoms with Crippen LogP contribution in [-0.4, -0.2) is 69.9 Å². The van der Waals surface area contributed by atoms with Crippen LogP contribution >= 0.6 is 11.6 Å². The van der Waals surface area contributed by atoms with Gasteiger partial charge < -0.3 is 15.7 Å². The van der Waals surface area contributed by atoms with E-state index in [1.54, 1.807) is 0 Å². The van der Waals surface area contributed by atoms with Gasteiger partial charge in [-0.2, -0.15) is 21.9 Å². The lowest BCUT2D eigenvalue weighted by atomic mass is 10.1. The Kier molecular flexibility index (Phi) is 8.83. The number of carbonyl (C=O) groups is 1. The number of hydrogen-bond acceptors (Lipinski definition) is 11. The van der Waals surface area contributed by atoms with Crippen molar-refractivity contribution in [1.82, 2.24) is 5.32 Å². The van der Waals surface area contributed by atoms with Crippen LogP contribution in [0.2, 0.25) is 0 Å². The number of rotatable bonds is 10. The Morgan fingerprint density at radius 2 is 1.59 bits per heavy atom. The number of phenolic OH excluding ortho intramolecular Hbond substituents is 1. The first-order valence-corrected chi connectivity index (χ1v) is 15.8. The summed E-state index contributed by atoms with van der Waals surface area (Å²) in [5, 5.41) is 23.1. The quantitative estimate of drug-likeness (QED) is 0.126. The highest BCUT2D eigenvalue weighted by Gasteiger charge is 2.25. The number of amides is 1. The number of azo groups is 1. The normalized spacial score (nSPS) is 12.6. The highest BCUT2D eigenvalue weighted by Crippen LogP contribution is 2.45. The van der Waals surface area contributed by atoms with Crippen LogP contribution in [-0.2, 0) is 30.1 Å². The second-order valence-electron chi connectivity index (χ2n) is 7.87. The van der Waals surface area contributed by atoms with Crippen molar-refractivity contribution >= 4 is 75.4 Å². The number of phenols is 1. The van der Waals surface area contributed by atoms with Gasteiger partial charge in [0.15, 0.2) is 15.6 Å². The molecule has 0 aliphatic carbocycles. The molecule has 0 radical (unpaired) electrons. The monoisotopic (exact) mass is 620 g/mol. The van der Waals surface area contributed by atoms with Crippen molar-refractivity contribution in [2.24, 2.45) is 10.2 Å². The molecule has 0 spiro atoms. The van der Waals surface area contributed by atoms with Crippen LogP contribution in [0.3, 0.4) is 0 Å². The molecule has 0 aromatic heterocycles. The van der Waals surface area contributed by atoms with E-state index in [1.807, 2.05) is 0 Å². The first kappa shape index (κ1) is 30.2. The molecular formula is C21H21ClN4O10S3. The number of halogens is 1. The Balaban J connectivity index is 2.02. The summed E-state index contributed by atoms with van der Waals surface area (Å²) in [4.78, 5) is 10.7. The van der Waals surface area contributed by atoms with E-state index in [-0.39, 0.29) is 39.3 Å². The van der Waals surface area contributed by atoms with E-state index in [2.05, 4.69) is 20.9 Å². The predicted octanol–water partition coefficient (Wildman–Crippen LogP) is 2.84. The minimum absolute atomic E-state index is 0.0145. The number of nitrogens with zero attached hydrogens (tertiary/aromatic N) is 2. The Labute approximate surface area is 228 Å². The summed E-state index contributed by atoms with van der Waals surface area (Å²) >= 11 is 5.41. The van der Waals surface area contributed by atoms with Crippen LogP contribution in [0.1, 0.15) is 10.4 Å². The van der Waals surface area contributed by atoms with Crippen LogP contribution in [0, 0.1) is 0 Å². The van der Waals surface area contributed by atoms with Gasteiger partial charge in [-0.15, -0.1) is 16.7 Å². The fourth-order valence-electron chi connectivity index (χ4n) is 3.35. The molecule has 0 saturated carbocycles. The standard InChI is InChI=1S/C21H21ClN4O10S3/c1-23-16-10-15(38(31,32)33)8-13-9-17(39(34,35)36)19(20(27)18(13)16)26-25-14-4-2-12(3-5-14)21(28)24-11-37(29,30)7-6-22/h2-5,8-10,23,27H,6-7,11H2,1H3,(H,24,28)(H,31,32,33)(H,34,35,36). The summed E-state index contributed by atoms with van der Waals surface area (Å²) < 4.78 is 89.9. The maximum absolute atomic E-state index is 12.2. The van der Waals surface area contributed by atoms with Gasteiger partial charge in [0.05, 0.1) is 16.3 Å². The minimum atomic E-state index is -5.02. The molecule has 0 heterocycles. The molecule has 1 amide bonds. The van der Waals surface area contributed by atoms with Crippen molar-refractivity contribution < 1.29 is 44.3 Å². The van der Waals surface area contributed by atoms with E-state index in [4.69, 9.17) is 11.6 Å². The highest BCUT2D eigenvalue weighted by atomic mass is 35.5. The molecule has 0 bridgehead atoms. The average Bonchev–Trinajstić information content (AvgIpc) is 2.85. The number of hydrogen-bond donors (Lipinski definition) is 5. The Bertz CT molecular complexity index is 1790. The smallest absolute Gasteiger partial charge is 0.296 e. The second kappa shape index (κ2) is 11.4. The lowest BCUT2D eigenvalue weighted by Gasteiger charge is -2.13. The summed E-state index contributed by atoms with van der Waals surface area (Å²) in [5.74, 6) is -2.50. The summed E-state index contributed by atoms with van der Waals surface area (Å²) in [6.45, 7) is 0. The van der Waals surface area contributed by atoms with Gasteiger partial charge in [0.1, 0.15) is 16.5 Å². The summed E-state index contributed by atoms with van der Waals surface area (Å²) in [7, 11) is -11.9.